The van der Waals surface area contributed by atoms with E-state index in [9.17, 15) is 4.39 Å². The van der Waals surface area contributed by atoms with Gasteiger partial charge >= 0.3 is 0 Å². The van der Waals surface area contributed by atoms with Gasteiger partial charge in [-0.05, 0) is 43.3 Å². The van der Waals surface area contributed by atoms with Crippen molar-refractivity contribution in [3.05, 3.63) is 94.2 Å². The molecule has 0 saturated carbocycles. The van der Waals surface area contributed by atoms with Crippen molar-refractivity contribution in [1.82, 2.24) is 19.7 Å². The fraction of sp³-hybridized carbons (Fsp3) is 0.143. The molecule has 196 valence electrons. The maximum absolute atomic E-state index is 15.2. The molecule has 0 fully saturated rings. The van der Waals surface area contributed by atoms with Crippen molar-refractivity contribution in [3.63, 3.8) is 0 Å². The number of benzene rings is 3. The minimum Gasteiger partial charge on any atom is -0.494 e. The average molecular weight is 546 g/mol. The lowest BCUT2D eigenvalue weighted by Crippen LogP contribution is -2.46. The quantitative estimate of drug-likeness (QED) is 0.350. The molecule has 0 aliphatic carbocycles. The molecular weight excluding hydrogens is 524 g/mol. The van der Waals surface area contributed by atoms with E-state index in [1.807, 2.05) is 66.6 Å². The van der Waals surface area contributed by atoms with Crippen LogP contribution in [0.25, 0.3) is 28.5 Å². The summed E-state index contributed by atoms with van der Waals surface area (Å²) >= 11 is 6.51. The van der Waals surface area contributed by atoms with Crippen LogP contribution >= 0.6 is 11.6 Å². The van der Waals surface area contributed by atoms with Crippen LogP contribution in [0.3, 0.4) is 0 Å². The van der Waals surface area contributed by atoms with Crippen LogP contribution in [-0.4, -0.2) is 33.0 Å². The van der Waals surface area contributed by atoms with E-state index in [0.717, 1.165) is 16.3 Å². The van der Waals surface area contributed by atoms with Gasteiger partial charge < -0.3 is 15.4 Å². The molecule has 5 aromatic rings. The first kappa shape index (κ1) is 24.7. The van der Waals surface area contributed by atoms with Crippen molar-refractivity contribution in [1.29, 1.82) is 0 Å². The molecule has 0 spiro atoms. The SMILES string of the molecule is COc1ccc(-c2nn(C(C)C3N=c4cccc(Cl)c4=CN3c3ccccc3)c3ncnc(N)c23)c(F)c1F. The molecule has 2 N–H and O–H groups in total. The summed E-state index contributed by atoms with van der Waals surface area (Å²) in [4.78, 5) is 15.5. The second-order valence-corrected chi connectivity index (χ2v) is 9.43. The normalized spacial score (nSPS) is 15.4. The number of fused-ring (bicyclic) bond motifs is 2. The third-order valence-corrected chi connectivity index (χ3v) is 7.10. The smallest absolute Gasteiger partial charge is 0.201 e. The maximum Gasteiger partial charge on any atom is 0.201 e. The summed E-state index contributed by atoms with van der Waals surface area (Å²) in [5, 5.41) is 7.11. The molecule has 3 heterocycles. The van der Waals surface area contributed by atoms with Gasteiger partial charge in [-0.25, -0.2) is 19.0 Å². The van der Waals surface area contributed by atoms with Gasteiger partial charge in [0.05, 0.1) is 28.9 Å². The molecule has 0 amide bonds. The Hall–Kier alpha value is -4.57. The number of anilines is 2. The third kappa shape index (κ3) is 4.04. The summed E-state index contributed by atoms with van der Waals surface area (Å²) in [6.45, 7) is 1.92. The van der Waals surface area contributed by atoms with Gasteiger partial charge in [0.15, 0.2) is 17.2 Å². The van der Waals surface area contributed by atoms with E-state index in [0.29, 0.717) is 16.1 Å². The van der Waals surface area contributed by atoms with Gasteiger partial charge in [-0.15, -0.1) is 0 Å². The zero-order valence-electron chi connectivity index (χ0n) is 20.9. The van der Waals surface area contributed by atoms with Gasteiger partial charge in [0.25, 0.3) is 0 Å². The molecule has 0 saturated heterocycles. The number of nitrogens with two attached hydrogens (primary N) is 1. The number of nitrogen functional groups attached to an aromatic ring is 1. The topological polar surface area (TPSA) is 94.5 Å². The lowest BCUT2D eigenvalue weighted by Gasteiger charge is -2.34. The van der Waals surface area contributed by atoms with Gasteiger partial charge in [-0.2, -0.15) is 9.49 Å². The van der Waals surface area contributed by atoms with E-state index in [-0.39, 0.29) is 22.8 Å². The Morgan fingerprint density at radius 2 is 1.79 bits per heavy atom. The van der Waals surface area contributed by atoms with Crippen LogP contribution in [0.5, 0.6) is 5.75 Å². The Bertz CT molecular complexity index is 1850. The lowest BCUT2D eigenvalue weighted by atomic mass is 10.1. The van der Waals surface area contributed by atoms with Gasteiger partial charge in [-0.1, -0.05) is 35.9 Å². The fourth-order valence-corrected chi connectivity index (χ4v) is 5.04. The van der Waals surface area contributed by atoms with Crippen LogP contribution < -0.4 is 25.9 Å². The molecule has 0 bridgehead atoms. The number of halogens is 3. The summed E-state index contributed by atoms with van der Waals surface area (Å²) < 4.78 is 36.4. The van der Waals surface area contributed by atoms with Crippen molar-refractivity contribution in [3.8, 4) is 17.0 Å². The first-order valence-electron chi connectivity index (χ1n) is 12.1. The zero-order chi connectivity index (χ0) is 27.3. The average Bonchev–Trinajstić information content (AvgIpc) is 3.35. The van der Waals surface area contributed by atoms with Crippen molar-refractivity contribution < 1.29 is 13.5 Å². The predicted octanol–water partition coefficient (Wildman–Crippen LogP) is 4.48. The van der Waals surface area contributed by atoms with E-state index in [2.05, 4.69) is 9.97 Å². The van der Waals surface area contributed by atoms with Crippen LogP contribution in [0.15, 0.2) is 72.0 Å². The molecule has 2 atom stereocenters. The van der Waals surface area contributed by atoms with Gasteiger partial charge in [-0.3, -0.25) is 4.99 Å². The molecule has 3 aromatic carbocycles. The first-order valence-corrected chi connectivity index (χ1v) is 12.5. The highest BCUT2D eigenvalue weighted by atomic mass is 35.5. The summed E-state index contributed by atoms with van der Waals surface area (Å²) in [7, 11) is 1.27. The Labute approximate surface area is 226 Å². The molecule has 6 rings (SSSR count). The van der Waals surface area contributed by atoms with E-state index >= 15 is 4.39 Å². The lowest BCUT2D eigenvalue weighted by molar-refractivity contribution is 0.372. The fourth-order valence-electron chi connectivity index (χ4n) is 4.82. The minimum atomic E-state index is -1.12. The number of hydrogen-bond donors (Lipinski definition) is 1. The van der Waals surface area contributed by atoms with Gasteiger partial charge in [0, 0.05) is 22.7 Å². The van der Waals surface area contributed by atoms with E-state index in [4.69, 9.17) is 32.2 Å². The van der Waals surface area contributed by atoms with Crippen molar-refractivity contribution in [2.75, 3.05) is 17.7 Å². The Balaban J connectivity index is 1.56. The van der Waals surface area contributed by atoms with E-state index < -0.39 is 23.8 Å². The van der Waals surface area contributed by atoms with Gasteiger partial charge in [0.1, 0.15) is 24.0 Å². The number of ether oxygens (including phenoxy) is 1. The predicted molar refractivity (Wildman–Crippen MR) is 146 cm³/mol. The number of methoxy groups -OCH3 is 1. The Kier molecular flexibility index (Phi) is 6.11. The molecule has 8 nitrogen and oxygen atoms in total. The maximum atomic E-state index is 15.2. The highest BCUT2D eigenvalue weighted by molar-refractivity contribution is 6.30. The molecule has 2 unspecified atom stereocenters. The molecule has 2 aromatic heterocycles. The number of aromatic nitrogens is 4. The zero-order valence-corrected chi connectivity index (χ0v) is 21.6. The van der Waals surface area contributed by atoms with Crippen molar-refractivity contribution in [2.24, 2.45) is 4.99 Å². The minimum absolute atomic E-state index is 0.0880. The molecule has 1 aliphatic heterocycles. The monoisotopic (exact) mass is 545 g/mol. The highest BCUT2D eigenvalue weighted by Gasteiger charge is 2.31. The van der Waals surface area contributed by atoms with Crippen molar-refractivity contribution >= 4 is 40.3 Å². The standard InChI is InChI=1S/C28H22ClF2N7O/c1-15(27-35-20-10-6-9-19(29)18(20)13-37(27)16-7-4-3-5-8-16)38-28-22(26(32)33-14-34-28)25(36-38)17-11-12-21(39-2)24(31)23(17)30/h3-15,27H,1-2H3,(H2,32,33,34). The molecule has 39 heavy (non-hydrogen) atoms. The summed E-state index contributed by atoms with van der Waals surface area (Å²) in [5.74, 6) is -2.36. The number of hydrogen-bond acceptors (Lipinski definition) is 7. The first-order chi connectivity index (χ1) is 18.9. The Morgan fingerprint density at radius 3 is 2.56 bits per heavy atom. The van der Waals surface area contributed by atoms with Crippen LogP contribution in [0.4, 0.5) is 20.3 Å². The molecule has 0 radical (unpaired) electrons. The largest absolute Gasteiger partial charge is 0.494 e. The van der Waals surface area contributed by atoms with Crippen LogP contribution in [0.2, 0.25) is 5.02 Å². The number of nitrogens with zero attached hydrogens (tertiary/aromatic N) is 6. The summed E-state index contributed by atoms with van der Waals surface area (Å²) in [6, 6.07) is 17.6. The van der Waals surface area contributed by atoms with Gasteiger partial charge in [0.2, 0.25) is 5.82 Å². The summed E-state index contributed by atoms with van der Waals surface area (Å²) in [6.07, 6.45) is 2.77. The van der Waals surface area contributed by atoms with E-state index in [1.54, 1.807) is 4.68 Å². The third-order valence-electron chi connectivity index (χ3n) is 6.77. The molecule has 11 heteroatoms. The van der Waals surface area contributed by atoms with Crippen molar-refractivity contribution in [2.45, 2.75) is 19.1 Å². The van der Waals surface area contributed by atoms with Crippen LogP contribution in [0, 0.1) is 11.6 Å². The number of rotatable bonds is 5. The second-order valence-electron chi connectivity index (χ2n) is 9.02. The van der Waals surface area contributed by atoms with E-state index in [1.165, 1.54) is 25.6 Å². The number of para-hydroxylation sites is 1. The summed E-state index contributed by atoms with van der Waals surface area (Å²) in [5.41, 5.74) is 7.50. The van der Waals surface area contributed by atoms with Crippen LogP contribution in [-0.2, 0) is 0 Å². The van der Waals surface area contributed by atoms with Crippen LogP contribution in [0.1, 0.15) is 13.0 Å². The molecular formula is C28H22ClF2N7O. The Morgan fingerprint density at radius 1 is 1.00 bits per heavy atom. The second kappa shape index (κ2) is 9.63. The highest BCUT2D eigenvalue weighted by Crippen LogP contribution is 2.37. The molecule has 1 aliphatic rings.